The molecule has 0 fully saturated rings. The van der Waals surface area contributed by atoms with Gasteiger partial charge in [0.15, 0.2) is 0 Å². The van der Waals surface area contributed by atoms with Crippen molar-refractivity contribution in [2.45, 2.75) is 31.1 Å². The molecule has 0 amide bonds. The van der Waals surface area contributed by atoms with E-state index in [1.165, 1.54) is 11.3 Å². The number of aromatic nitrogens is 1. The molecule has 0 radical (unpaired) electrons. The molecule has 1 aromatic carbocycles. The molecule has 0 saturated heterocycles. The van der Waals surface area contributed by atoms with Crippen molar-refractivity contribution in [2.24, 2.45) is 0 Å². The third kappa shape index (κ3) is 3.88. The summed E-state index contributed by atoms with van der Waals surface area (Å²) in [6, 6.07) is 7.03. The van der Waals surface area contributed by atoms with Gasteiger partial charge in [0, 0.05) is 24.5 Å². The van der Waals surface area contributed by atoms with Crippen LogP contribution in [0.5, 0.6) is 0 Å². The van der Waals surface area contributed by atoms with Crippen LogP contribution in [0.4, 0.5) is 0 Å². The molecule has 6 heteroatoms. The molecule has 0 saturated carbocycles. The molecule has 2 aromatic rings. The molecular formula is C14H18N2O2S2. The van der Waals surface area contributed by atoms with Gasteiger partial charge in [-0.3, -0.25) is 0 Å². The van der Waals surface area contributed by atoms with E-state index in [9.17, 15) is 8.42 Å². The molecular weight excluding hydrogens is 292 g/mol. The third-order valence-electron chi connectivity index (χ3n) is 2.97. The maximum absolute atomic E-state index is 12.1. The van der Waals surface area contributed by atoms with Crippen molar-refractivity contribution >= 4 is 21.4 Å². The normalized spacial score (nSPS) is 11.9. The van der Waals surface area contributed by atoms with E-state index in [-0.39, 0.29) is 0 Å². The molecule has 0 aliphatic heterocycles. The maximum Gasteiger partial charge on any atom is 0.240 e. The van der Waals surface area contributed by atoms with E-state index in [1.54, 1.807) is 18.3 Å². The van der Waals surface area contributed by atoms with Gasteiger partial charge in [0.05, 0.1) is 9.90 Å². The lowest BCUT2D eigenvalue weighted by Gasteiger charge is -2.08. The van der Waals surface area contributed by atoms with Crippen LogP contribution in [0.3, 0.4) is 0 Å². The minimum Gasteiger partial charge on any atom is -0.250 e. The Hall–Kier alpha value is -1.24. The molecule has 0 aliphatic rings. The van der Waals surface area contributed by atoms with Gasteiger partial charge in [-0.05, 0) is 23.6 Å². The van der Waals surface area contributed by atoms with Crippen molar-refractivity contribution in [3.63, 3.8) is 0 Å². The molecule has 4 nitrogen and oxygen atoms in total. The Labute approximate surface area is 123 Å². The highest BCUT2D eigenvalue weighted by Gasteiger charge is 2.13. The minimum atomic E-state index is -3.43. The highest BCUT2D eigenvalue weighted by molar-refractivity contribution is 7.89. The Balaban J connectivity index is 1.99. The topological polar surface area (TPSA) is 59.1 Å². The molecule has 1 N–H and O–H groups in total. The second kappa shape index (κ2) is 6.47. The second-order valence-electron chi connectivity index (χ2n) is 4.80. The van der Waals surface area contributed by atoms with E-state index < -0.39 is 10.0 Å². The van der Waals surface area contributed by atoms with Gasteiger partial charge < -0.3 is 0 Å². The molecule has 108 valence electrons. The zero-order valence-electron chi connectivity index (χ0n) is 11.5. The zero-order chi connectivity index (χ0) is 14.6. The zero-order valence-corrected chi connectivity index (χ0v) is 13.2. The predicted octanol–water partition coefficient (Wildman–Crippen LogP) is 2.79. The fourth-order valence-corrected chi connectivity index (χ4v) is 3.44. The van der Waals surface area contributed by atoms with Crippen molar-refractivity contribution in [2.75, 3.05) is 6.54 Å². The van der Waals surface area contributed by atoms with Crippen LogP contribution >= 0.6 is 11.3 Å². The molecule has 0 unspecified atom stereocenters. The summed E-state index contributed by atoms with van der Waals surface area (Å²) in [4.78, 5) is 4.43. The van der Waals surface area contributed by atoms with Crippen LogP contribution in [-0.4, -0.2) is 19.9 Å². The number of rotatable bonds is 6. The van der Waals surface area contributed by atoms with E-state index >= 15 is 0 Å². The van der Waals surface area contributed by atoms with E-state index in [1.807, 2.05) is 17.5 Å². The van der Waals surface area contributed by atoms with Gasteiger partial charge in [-0.15, -0.1) is 11.3 Å². The average molecular weight is 310 g/mol. The fraction of sp³-hybridized carbons (Fsp3) is 0.357. The Kier molecular flexibility index (Phi) is 4.91. The lowest BCUT2D eigenvalue weighted by Crippen LogP contribution is -2.26. The molecule has 0 atom stereocenters. The smallest absolute Gasteiger partial charge is 0.240 e. The summed E-state index contributed by atoms with van der Waals surface area (Å²) < 4.78 is 26.8. The van der Waals surface area contributed by atoms with E-state index in [4.69, 9.17) is 0 Å². The van der Waals surface area contributed by atoms with Crippen LogP contribution < -0.4 is 4.72 Å². The van der Waals surface area contributed by atoms with Crippen LogP contribution in [0.15, 0.2) is 40.7 Å². The van der Waals surface area contributed by atoms with Crippen molar-refractivity contribution < 1.29 is 8.42 Å². The van der Waals surface area contributed by atoms with Gasteiger partial charge >= 0.3 is 0 Å². The summed E-state index contributed by atoms with van der Waals surface area (Å²) >= 11 is 1.53. The number of hydrogen-bond acceptors (Lipinski definition) is 4. The summed E-state index contributed by atoms with van der Waals surface area (Å²) in [6.07, 6.45) is 2.33. The van der Waals surface area contributed by atoms with Crippen molar-refractivity contribution in [1.29, 1.82) is 0 Å². The average Bonchev–Trinajstić information content (AvgIpc) is 2.92. The van der Waals surface area contributed by atoms with E-state index in [0.717, 1.165) is 10.6 Å². The molecule has 1 heterocycles. The van der Waals surface area contributed by atoms with Crippen LogP contribution in [0.1, 0.15) is 30.3 Å². The largest absolute Gasteiger partial charge is 0.250 e. The predicted molar refractivity (Wildman–Crippen MR) is 81.5 cm³/mol. The summed E-state index contributed by atoms with van der Waals surface area (Å²) in [6.45, 7) is 4.52. The first-order valence-corrected chi connectivity index (χ1v) is 8.83. The standard InChI is InChI=1S/C14H18N2O2S2/c1-11(2)12-3-5-13(6-4-12)20(17,18)16-8-7-14-15-9-10-19-14/h3-6,9-11,16H,7-8H2,1-2H3. The Morgan fingerprint density at radius 2 is 1.95 bits per heavy atom. The second-order valence-corrected chi connectivity index (χ2v) is 7.54. The fourth-order valence-electron chi connectivity index (χ4n) is 1.78. The molecule has 20 heavy (non-hydrogen) atoms. The number of nitrogens with zero attached hydrogens (tertiary/aromatic N) is 1. The third-order valence-corrected chi connectivity index (χ3v) is 5.29. The first-order chi connectivity index (χ1) is 9.49. The van der Waals surface area contributed by atoms with Gasteiger partial charge in [-0.1, -0.05) is 26.0 Å². The first-order valence-electron chi connectivity index (χ1n) is 6.47. The Morgan fingerprint density at radius 1 is 1.25 bits per heavy atom. The quantitative estimate of drug-likeness (QED) is 0.892. The summed E-state index contributed by atoms with van der Waals surface area (Å²) in [5.74, 6) is 0.393. The number of sulfonamides is 1. The number of nitrogens with one attached hydrogen (secondary N) is 1. The molecule has 0 bridgehead atoms. The Bertz CT molecular complexity index is 632. The van der Waals surface area contributed by atoms with Gasteiger partial charge in [-0.2, -0.15) is 0 Å². The monoisotopic (exact) mass is 310 g/mol. The van der Waals surface area contributed by atoms with Crippen LogP contribution in [0.2, 0.25) is 0 Å². The molecule has 0 aliphatic carbocycles. The van der Waals surface area contributed by atoms with Crippen LogP contribution in [-0.2, 0) is 16.4 Å². The van der Waals surface area contributed by atoms with Gasteiger partial charge in [0.1, 0.15) is 0 Å². The first kappa shape index (κ1) is 15.2. The SMILES string of the molecule is CC(C)c1ccc(S(=O)(=O)NCCc2nccs2)cc1. The maximum atomic E-state index is 12.1. The lowest BCUT2D eigenvalue weighted by atomic mass is 10.0. The highest BCUT2D eigenvalue weighted by atomic mass is 32.2. The lowest BCUT2D eigenvalue weighted by molar-refractivity contribution is 0.581. The van der Waals surface area contributed by atoms with Crippen LogP contribution in [0, 0.1) is 0 Å². The number of benzene rings is 1. The summed E-state index contributed by atoms with van der Waals surface area (Å²) in [5, 5.41) is 2.82. The van der Waals surface area contributed by atoms with E-state index in [0.29, 0.717) is 23.8 Å². The van der Waals surface area contributed by atoms with Gasteiger partial charge in [0.2, 0.25) is 10.0 Å². The number of hydrogen-bond donors (Lipinski definition) is 1. The van der Waals surface area contributed by atoms with E-state index in [2.05, 4.69) is 23.6 Å². The number of thiazole rings is 1. The van der Waals surface area contributed by atoms with Crippen LogP contribution in [0.25, 0.3) is 0 Å². The van der Waals surface area contributed by atoms with Crippen molar-refractivity contribution in [3.8, 4) is 0 Å². The molecule has 1 aromatic heterocycles. The molecule has 2 rings (SSSR count). The van der Waals surface area contributed by atoms with Gasteiger partial charge in [-0.25, -0.2) is 18.1 Å². The minimum absolute atomic E-state index is 0.307. The highest BCUT2D eigenvalue weighted by Crippen LogP contribution is 2.17. The summed E-state index contributed by atoms with van der Waals surface area (Å²) in [5.41, 5.74) is 1.13. The Morgan fingerprint density at radius 3 is 2.50 bits per heavy atom. The van der Waals surface area contributed by atoms with Gasteiger partial charge in [0.25, 0.3) is 0 Å². The van der Waals surface area contributed by atoms with Crippen molar-refractivity contribution in [3.05, 3.63) is 46.4 Å². The summed E-state index contributed by atoms with van der Waals surface area (Å²) in [7, 11) is -3.43. The molecule has 0 spiro atoms. The van der Waals surface area contributed by atoms with Crippen molar-refractivity contribution in [1.82, 2.24) is 9.71 Å².